The highest BCUT2D eigenvalue weighted by atomic mass is 19.2. The van der Waals surface area contributed by atoms with Crippen molar-refractivity contribution in [2.45, 2.75) is 32.4 Å². The molecular weight excluding hydrogens is 356 g/mol. The molecule has 2 aromatic rings. The molecule has 2 atom stereocenters. The maximum Gasteiger partial charge on any atom is 0.261 e. The van der Waals surface area contributed by atoms with E-state index < -0.39 is 17.7 Å². The van der Waals surface area contributed by atoms with Gasteiger partial charge in [0.25, 0.3) is 5.91 Å². The van der Waals surface area contributed by atoms with E-state index in [4.69, 9.17) is 14.2 Å². The zero-order chi connectivity index (χ0) is 19.4. The number of hydrogen-bond acceptors (Lipinski definition) is 4. The van der Waals surface area contributed by atoms with Gasteiger partial charge >= 0.3 is 0 Å². The predicted octanol–water partition coefficient (Wildman–Crippen LogP) is 3.77. The van der Waals surface area contributed by atoms with Crippen LogP contribution >= 0.6 is 0 Å². The lowest BCUT2D eigenvalue weighted by Gasteiger charge is -2.23. The minimum Gasteiger partial charge on any atom is -0.486 e. The van der Waals surface area contributed by atoms with Crippen LogP contribution in [0, 0.1) is 11.6 Å². The third kappa shape index (κ3) is 4.48. The molecule has 0 radical (unpaired) electrons. The maximum atomic E-state index is 13.3. The van der Waals surface area contributed by atoms with E-state index in [2.05, 4.69) is 5.32 Å². The van der Waals surface area contributed by atoms with Gasteiger partial charge < -0.3 is 19.5 Å². The third-order valence-corrected chi connectivity index (χ3v) is 4.27. The molecule has 2 aromatic carbocycles. The van der Waals surface area contributed by atoms with Gasteiger partial charge in [0.1, 0.15) is 19.0 Å². The number of amides is 1. The van der Waals surface area contributed by atoms with Crippen molar-refractivity contribution in [3.63, 3.8) is 0 Å². The smallest absolute Gasteiger partial charge is 0.261 e. The summed E-state index contributed by atoms with van der Waals surface area (Å²) in [6.07, 6.45) is -0.218. The van der Waals surface area contributed by atoms with Crippen molar-refractivity contribution >= 4 is 5.91 Å². The summed E-state index contributed by atoms with van der Waals surface area (Å²) in [5.74, 6) is -0.934. The average molecular weight is 377 g/mol. The van der Waals surface area contributed by atoms with Crippen LogP contribution in [0.2, 0.25) is 0 Å². The number of carbonyl (C=O) groups excluding carboxylic acids is 1. The summed E-state index contributed by atoms with van der Waals surface area (Å²) >= 11 is 0. The molecule has 0 bridgehead atoms. The number of halogens is 2. The Morgan fingerprint density at radius 1 is 1.11 bits per heavy atom. The lowest BCUT2D eigenvalue weighted by Crippen LogP contribution is -2.38. The molecule has 0 spiro atoms. The van der Waals surface area contributed by atoms with Crippen molar-refractivity contribution in [2.24, 2.45) is 0 Å². The van der Waals surface area contributed by atoms with Crippen LogP contribution in [0.5, 0.6) is 17.2 Å². The molecule has 27 heavy (non-hydrogen) atoms. The van der Waals surface area contributed by atoms with Crippen molar-refractivity contribution in [2.75, 3.05) is 13.2 Å². The first-order valence-corrected chi connectivity index (χ1v) is 8.79. The number of hydrogen-bond donors (Lipinski definition) is 1. The van der Waals surface area contributed by atoms with E-state index in [1.54, 1.807) is 6.92 Å². The molecule has 7 heteroatoms. The fraction of sp³-hybridized carbons (Fsp3) is 0.350. The van der Waals surface area contributed by atoms with Gasteiger partial charge in [-0.1, -0.05) is 13.0 Å². The number of rotatable bonds is 6. The standard InChI is InChI=1S/C20H21F2NO4/c1-3-17(13-4-7-18-19(10-13)26-9-8-25-18)23-20(24)12(2)27-14-5-6-15(21)16(22)11-14/h4-7,10-12,17H,3,8-9H2,1-2H3,(H,23,24). The van der Waals surface area contributed by atoms with Crippen molar-refractivity contribution in [1.82, 2.24) is 5.32 Å². The summed E-state index contributed by atoms with van der Waals surface area (Å²) in [5, 5.41) is 2.91. The molecule has 0 aromatic heterocycles. The van der Waals surface area contributed by atoms with Gasteiger partial charge in [-0.15, -0.1) is 0 Å². The molecule has 5 nitrogen and oxygen atoms in total. The molecular formula is C20H21F2NO4. The van der Waals surface area contributed by atoms with Crippen molar-refractivity contribution in [3.8, 4) is 17.2 Å². The first-order chi connectivity index (χ1) is 13.0. The van der Waals surface area contributed by atoms with Gasteiger partial charge in [-0.2, -0.15) is 0 Å². The maximum absolute atomic E-state index is 13.3. The van der Waals surface area contributed by atoms with E-state index in [0.717, 1.165) is 17.7 Å². The van der Waals surface area contributed by atoms with Gasteiger partial charge in [0.05, 0.1) is 6.04 Å². The monoisotopic (exact) mass is 377 g/mol. The van der Waals surface area contributed by atoms with Crippen LogP contribution in [-0.4, -0.2) is 25.2 Å². The topological polar surface area (TPSA) is 56.8 Å². The molecule has 0 saturated heterocycles. The summed E-state index contributed by atoms with van der Waals surface area (Å²) in [5.41, 5.74) is 0.884. The number of fused-ring (bicyclic) bond motifs is 1. The zero-order valence-corrected chi connectivity index (χ0v) is 15.1. The highest BCUT2D eigenvalue weighted by molar-refractivity contribution is 5.81. The normalized spacial score (nSPS) is 15.0. The Bertz CT molecular complexity index is 828. The molecule has 1 amide bonds. The van der Waals surface area contributed by atoms with Crippen molar-refractivity contribution in [3.05, 3.63) is 53.6 Å². The minimum absolute atomic E-state index is 0.0870. The Morgan fingerprint density at radius 2 is 1.85 bits per heavy atom. The van der Waals surface area contributed by atoms with Gasteiger partial charge in [-0.25, -0.2) is 8.78 Å². The van der Waals surface area contributed by atoms with Gasteiger partial charge in [0.2, 0.25) is 0 Å². The molecule has 1 aliphatic heterocycles. The van der Waals surface area contributed by atoms with Gasteiger partial charge in [-0.3, -0.25) is 4.79 Å². The van der Waals surface area contributed by atoms with Crippen LogP contribution in [0.3, 0.4) is 0 Å². The van der Waals surface area contributed by atoms with Crippen LogP contribution in [0.25, 0.3) is 0 Å². The SMILES string of the molecule is CCC(NC(=O)C(C)Oc1ccc(F)c(F)c1)c1ccc2c(c1)OCCO2. The number of ether oxygens (including phenoxy) is 3. The molecule has 1 aliphatic rings. The Hall–Kier alpha value is -2.83. The van der Waals surface area contributed by atoms with Crippen molar-refractivity contribution in [1.29, 1.82) is 0 Å². The number of nitrogens with one attached hydrogen (secondary N) is 1. The quantitative estimate of drug-likeness (QED) is 0.833. The second-order valence-electron chi connectivity index (χ2n) is 6.21. The summed E-state index contributed by atoms with van der Waals surface area (Å²) in [6, 6.07) is 8.45. The molecule has 1 heterocycles. The lowest BCUT2D eigenvalue weighted by atomic mass is 10.0. The van der Waals surface area contributed by atoms with Crippen LogP contribution in [0.4, 0.5) is 8.78 Å². The van der Waals surface area contributed by atoms with E-state index in [-0.39, 0.29) is 17.7 Å². The minimum atomic E-state index is -1.03. The molecule has 144 valence electrons. The second-order valence-corrected chi connectivity index (χ2v) is 6.21. The zero-order valence-electron chi connectivity index (χ0n) is 15.1. The second kappa shape index (κ2) is 8.24. The molecule has 0 fully saturated rings. The van der Waals surface area contributed by atoms with Crippen molar-refractivity contribution < 1.29 is 27.8 Å². The fourth-order valence-corrected chi connectivity index (χ4v) is 2.79. The highest BCUT2D eigenvalue weighted by Gasteiger charge is 2.21. The molecule has 1 N–H and O–H groups in total. The Kier molecular flexibility index (Phi) is 5.78. The summed E-state index contributed by atoms with van der Waals surface area (Å²) in [4.78, 5) is 12.5. The predicted molar refractivity (Wildman–Crippen MR) is 95.1 cm³/mol. The number of benzene rings is 2. The van der Waals surface area contributed by atoms with Crippen LogP contribution in [-0.2, 0) is 4.79 Å². The van der Waals surface area contributed by atoms with E-state index in [0.29, 0.717) is 31.1 Å². The van der Waals surface area contributed by atoms with Crippen LogP contribution in [0.1, 0.15) is 31.9 Å². The molecule has 2 unspecified atom stereocenters. The Labute approximate surface area is 156 Å². The van der Waals surface area contributed by atoms with Gasteiger partial charge in [-0.05, 0) is 43.2 Å². The molecule has 3 rings (SSSR count). The van der Waals surface area contributed by atoms with E-state index in [9.17, 15) is 13.6 Å². The highest BCUT2D eigenvalue weighted by Crippen LogP contribution is 2.33. The van der Waals surface area contributed by atoms with Crippen LogP contribution in [0.15, 0.2) is 36.4 Å². The molecule has 0 aliphatic carbocycles. The number of carbonyl (C=O) groups is 1. The largest absolute Gasteiger partial charge is 0.486 e. The van der Waals surface area contributed by atoms with Crippen LogP contribution < -0.4 is 19.5 Å². The summed E-state index contributed by atoms with van der Waals surface area (Å²) < 4.78 is 42.8. The molecule has 0 saturated carbocycles. The van der Waals surface area contributed by atoms with E-state index in [1.807, 2.05) is 25.1 Å². The average Bonchev–Trinajstić information content (AvgIpc) is 2.68. The van der Waals surface area contributed by atoms with E-state index in [1.165, 1.54) is 6.07 Å². The summed E-state index contributed by atoms with van der Waals surface area (Å²) in [6.45, 7) is 4.49. The first-order valence-electron chi connectivity index (χ1n) is 8.79. The van der Waals surface area contributed by atoms with Gasteiger partial charge in [0.15, 0.2) is 29.2 Å². The summed E-state index contributed by atoms with van der Waals surface area (Å²) in [7, 11) is 0. The third-order valence-electron chi connectivity index (χ3n) is 4.27. The fourth-order valence-electron chi connectivity index (χ4n) is 2.79. The van der Waals surface area contributed by atoms with E-state index >= 15 is 0 Å². The van der Waals surface area contributed by atoms with Gasteiger partial charge in [0, 0.05) is 6.07 Å². The Morgan fingerprint density at radius 3 is 2.56 bits per heavy atom. The lowest BCUT2D eigenvalue weighted by molar-refractivity contribution is -0.128. The first kappa shape index (κ1) is 18.9. The Balaban J connectivity index is 1.66.